The van der Waals surface area contributed by atoms with Gasteiger partial charge < -0.3 is 5.32 Å². The Morgan fingerprint density at radius 3 is 2.40 bits per heavy atom. The highest BCUT2D eigenvalue weighted by Gasteiger charge is 2.31. The predicted molar refractivity (Wildman–Crippen MR) is 84.7 cm³/mol. The average Bonchev–Trinajstić information content (AvgIpc) is 2.70. The van der Waals surface area contributed by atoms with Crippen LogP contribution in [-0.4, -0.2) is 27.6 Å². The van der Waals surface area contributed by atoms with Gasteiger partial charge in [0.15, 0.2) is 0 Å². The smallest absolute Gasteiger partial charge is 0.0796 e. The van der Waals surface area contributed by atoms with Crippen molar-refractivity contribution < 1.29 is 0 Å². The maximum Gasteiger partial charge on any atom is 0.0796 e. The topological polar surface area (TPSA) is 42.7 Å². The number of nitrogens with one attached hydrogen (secondary N) is 1. The van der Waals surface area contributed by atoms with Gasteiger partial charge in [0.25, 0.3) is 0 Å². The summed E-state index contributed by atoms with van der Waals surface area (Å²) in [6.45, 7) is 17.7. The van der Waals surface area contributed by atoms with E-state index in [2.05, 4.69) is 57.2 Å². The molecule has 0 aliphatic carbocycles. The third-order valence-corrected chi connectivity index (χ3v) is 3.94. The van der Waals surface area contributed by atoms with Crippen LogP contribution in [0.4, 0.5) is 0 Å². The summed E-state index contributed by atoms with van der Waals surface area (Å²) in [4.78, 5) is 0. The number of rotatable bonds is 8. The molecular weight excluding hydrogens is 248 g/mol. The van der Waals surface area contributed by atoms with Crippen molar-refractivity contribution in [2.24, 2.45) is 10.8 Å². The van der Waals surface area contributed by atoms with Gasteiger partial charge in [-0.25, -0.2) is 0 Å². The second kappa shape index (κ2) is 6.70. The molecule has 0 saturated carbocycles. The molecular formula is C16H32N4. The molecule has 4 nitrogen and oxygen atoms in total. The van der Waals surface area contributed by atoms with Gasteiger partial charge in [0.05, 0.1) is 5.69 Å². The molecule has 0 amide bonds. The van der Waals surface area contributed by atoms with Gasteiger partial charge in [0.1, 0.15) is 0 Å². The first-order valence-corrected chi connectivity index (χ1v) is 7.76. The van der Waals surface area contributed by atoms with Crippen molar-refractivity contribution in [1.82, 2.24) is 20.3 Å². The lowest BCUT2D eigenvalue weighted by atomic mass is 9.72. The van der Waals surface area contributed by atoms with Crippen LogP contribution in [0.2, 0.25) is 0 Å². The molecule has 0 aliphatic heterocycles. The van der Waals surface area contributed by atoms with E-state index in [1.807, 2.05) is 17.8 Å². The van der Waals surface area contributed by atoms with Crippen LogP contribution in [0.25, 0.3) is 0 Å². The molecule has 1 heterocycles. The van der Waals surface area contributed by atoms with Gasteiger partial charge in [-0.15, -0.1) is 5.10 Å². The van der Waals surface area contributed by atoms with Gasteiger partial charge in [0, 0.05) is 25.3 Å². The van der Waals surface area contributed by atoms with E-state index in [0.717, 1.165) is 18.8 Å². The highest BCUT2D eigenvalue weighted by molar-refractivity contribution is 4.89. The molecule has 0 aliphatic rings. The van der Waals surface area contributed by atoms with E-state index in [-0.39, 0.29) is 5.41 Å². The maximum absolute atomic E-state index is 4.18. The molecule has 4 heteroatoms. The highest BCUT2D eigenvalue weighted by atomic mass is 15.4. The number of nitrogens with zero attached hydrogens (tertiary/aromatic N) is 3. The Labute approximate surface area is 124 Å². The van der Waals surface area contributed by atoms with Gasteiger partial charge in [-0.3, -0.25) is 4.68 Å². The molecule has 1 N–H and O–H groups in total. The zero-order valence-electron chi connectivity index (χ0n) is 14.3. The lowest BCUT2D eigenvalue weighted by Gasteiger charge is -2.37. The largest absolute Gasteiger partial charge is 0.314 e. The minimum atomic E-state index is 0.212. The Morgan fingerprint density at radius 1 is 1.30 bits per heavy atom. The number of hydrogen-bond acceptors (Lipinski definition) is 3. The van der Waals surface area contributed by atoms with Crippen molar-refractivity contribution in [2.45, 2.75) is 73.9 Å². The Balaban J connectivity index is 2.66. The summed E-state index contributed by atoms with van der Waals surface area (Å²) in [5.41, 5.74) is 1.52. The van der Waals surface area contributed by atoms with E-state index < -0.39 is 0 Å². The van der Waals surface area contributed by atoms with Gasteiger partial charge in [-0.2, -0.15) is 0 Å². The standard InChI is InChI=1S/C16H32N4/c1-8-16(7,11-17-13(2)3)10-15(5,6)12-20-9-14(4)18-19-20/h9,13,17H,8,10-12H2,1-7H3. The molecule has 0 saturated heterocycles. The molecule has 0 bridgehead atoms. The van der Waals surface area contributed by atoms with E-state index in [1.165, 1.54) is 12.8 Å². The molecule has 1 rings (SSSR count). The second-order valence-electron chi connectivity index (χ2n) is 7.60. The molecule has 1 aromatic rings. The van der Waals surface area contributed by atoms with E-state index in [1.54, 1.807) is 0 Å². The quantitative estimate of drug-likeness (QED) is 0.793. The van der Waals surface area contributed by atoms with Gasteiger partial charge in [0.2, 0.25) is 0 Å². The number of aromatic nitrogens is 3. The minimum Gasteiger partial charge on any atom is -0.314 e. The van der Waals surface area contributed by atoms with E-state index in [0.29, 0.717) is 11.5 Å². The fraction of sp³-hybridized carbons (Fsp3) is 0.875. The summed E-state index contributed by atoms with van der Waals surface area (Å²) in [5.74, 6) is 0. The molecule has 116 valence electrons. The van der Waals surface area contributed by atoms with E-state index >= 15 is 0 Å². The number of aryl methyl sites for hydroxylation is 1. The molecule has 0 fully saturated rings. The fourth-order valence-corrected chi connectivity index (χ4v) is 2.89. The molecule has 1 unspecified atom stereocenters. The normalized spacial score (nSPS) is 15.6. The molecule has 20 heavy (non-hydrogen) atoms. The predicted octanol–water partition coefficient (Wildman–Crippen LogP) is 3.42. The van der Waals surface area contributed by atoms with Crippen molar-refractivity contribution in [1.29, 1.82) is 0 Å². The van der Waals surface area contributed by atoms with Crippen molar-refractivity contribution >= 4 is 0 Å². The van der Waals surface area contributed by atoms with Crippen LogP contribution in [-0.2, 0) is 6.54 Å². The zero-order valence-corrected chi connectivity index (χ0v) is 14.3. The van der Waals surface area contributed by atoms with Crippen molar-refractivity contribution in [3.8, 4) is 0 Å². The Bertz CT molecular complexity index is 408. The zero-order chi connectivity index (χ0) is 15.4. The van der Waals surface area contributed by atoms with Crippen LogP contribution in [0.5, 0.6) is 0 Å². The first-order valence-electron chi connectivity index (χ1n) is 7.76. The summed E-state index contributed by atoms with van der Waals surface area (Å²) in [7, 11) is 0. The van der Waals surface area contributed by atoms with E-state index in [4.69, 9.17) is 0 Å². The molecule has 0 spiro atoms. The third-order valence-electron chi connectivity index (χ3n) is 3.94. The van der Waals surface area contributed by atoms with Crippen LogP contribution in [0, 0.1) is 17.8 Å². The molecule has 0 aromatic carbocycles. The van der Waals surface area contributed by atoms with Crippen molar-refractivity contribution in [3.63, 3.8) is 0 Å². The summed E-state index contributed by atoms with van der Waals surface area (Å²) >= 11 is 0. The van der Waals surface area contributed by atoms with Crippen LogP contribution in [0.15, 0.2) is 6.20 Å². The summed E-state index contributed by atoms with van der Waals surface area (Å²) in [6.07, 6.45) is 4.39. The lowest BCUT2D eigenvalue weighted by Crippen LogP contribution is -2.39. The van der Waals surface area contributed by atoms with Crippen molar-refractivity contribution in [2.75, 3.05) is 6.54 Å². The maximum atomic E-state index is 4.18. The Kier molecular flexibility index (Phi) is 5.75. The summed E-state index contributed by atoms with van der Waals surface area (Å²) in [6, 6.07) is 0.543. The minimum absolute atomic E-state index is 0.212. The van der Waals surface area contributed by atoms with Gasteiger partial charge in [-0.05, 0) is 30.6 Å². The third kappa shape index (κ3) is 5.61. The van der Waals surface area contributed by atoms with Gasteiger partial charge in [-0.1, -0.05) is 46.8 Å². The van der Waals surface area contributed by atoms with Crippen LogP contribution in [0.1, 0.15) is 60.1 Å². The molecule has 1 atom stereocenters. The second-order valence-corrected chi connectivity index (χ2v) is 7.60. The molecule has 0 radical (unpaired) electrons. The monoisotopic (exact) mass is 280 g/mol. The van der Waals surface area contributed by atoms with E-state index in [9.17, 15) is 0 Å². The lowest BCUT2D eigenvalue weighted by molar-refractivity contribution is 0.139. The first-order chi connectivity index (χ1) is 9.16. The number of hydrogen-bond donors (Lipinski definition) is 1. The van der Waals surface area contributed by atoms with Crippen LogP contribution < -0.4 is 5.32 Å². The first kappa shape index (κ1) is 17.2. The fourth-order valence-electron chi connectivity index (χ4n) is 2.89. The Hall–Kier alpha value is -0.900. The van der Waals surface area contributed by atoms with Gasteiger partial charge >= 0.3 is 0 Å². The van der Waals surface area contributed by atoms with Crippen molar-refractivity contribution in [3.05, 3.63) is 11.9 Å². The van der Waals surface area contributed by atoms with Crippen LogP contribution in [0.3, 0.4) is 0 Å². The Morgan fingerprint density at radius 2 is 1.95 bits per heavy atom. The highest BCUT2D eigenvalue weighted by Crippen LogP contribution is 2.37. The van der Waals surface area contributed by atoms with Crippen LogP contribution >= 0.6 is 0 Å². The SMILES string of the molecule is CCC(C)(CNC(C)C)CC(C)(C)Cn1cc(C)nn1. The summed E-state index contributed by atoms with van der Waals surface area (Å²) in [5, 5.41) is 11.9. The average molecular weight is 280 g/mol. The molecule has 1 aromatic heterocycles. The summed E-state index contributed by atoms with van der Waals surface area (Å²) < 4.78 is 1.97.